The summed E-state index contributed by atoms with van der Waals surface area (Å²) in [6.45, 7) is 4.13. The van der Waals surface area contributed by atoms with E-state index in [4.69, 9.17) is 4.42 Å². The summed E-state index contributed by atoms with van der Waals surface area (Å²) in [5, 5.41) is 2.80. The molecule has 1 fully saturated rings. The molecule has 1 aliphatic rings. The van der Waals surface area contributed by atoms with Gasteiger partial charge in [-0.15, -0.1) is 0 Å². The smallest absolute Gasteiger partial charge is 0.295 e. The van der Waals surface area contributed by atoms with Crippen molar-refractivity contribution in [3.63, 3.8) is 0 Å². The lowest BCUT2D eigenvalue weighted by Crippen LogP contribution is -2.52. The van der Waals surface area contributed by atoms with Crippen molar-refractivity contribution >= 4 is 5.91 Å². The minimum absolute atomic E-state index is 0.0528. The van der Waals surface area contributed by atoms with E-state index in [1.807, 2.05) is 0 Å². The highest BCUT2D eigenvalue weighted by Crippen LogP contribution is 2.40. The van der Waals surface area contributed by atoms with Crippen molar-refractivity contribution < 1.29 is 18.0 Å². The van der Waals surface area contributed by atoms with Crippen LogP contribution in [0.2, 0.25) is 0 Å². The highest BCUT2D eigenvalue weighted by molar-refractivity contribution is 5.91. The van der Waals surface area contributed by atoms with Gasteiger partial charge in [-0.2, -0.15) is 0 Å². The van der Waals surface area contributed by atoms with Crippen LogP contribution in [0.1, 0.15) is 49.4 Å². The zero-order valence-corrected chi connectivity index (χ0v) is 9.80. The van der Waals surface area contributed by atoms with Gasteiger partial charge in [0, 0.05) is 6.04 Å². The number of carbonyl (C=O) groups is 1. The molecule has 0 saturated heterocycles. The van der Waals surface area contributed by atoms with E-state index in [9.17, 15) is 13.6 Å². The van der Waals surface area contributed by atoms with Crippen molar-refractivity contribution in [3.8, 4) is 0 Å². The number of nitrogens with one attached hydrogen (secondary N) is 1. The molecule has 1 aromatic rings. The standard InChI is InChI=1S/C12H15F2NO2/c1-12(2)6-5-9(12)15-11(16)8-4-3-7(17-8)10(13)14/h3-4,9-10H,5-6H2,1-2H3,(H,15,16)/t9-/m0/s1. The number of halogens is 2. The Hall–Kier alpha value is -1.39. The highest BCUT2D eigenvalue weighted by Gasteiger charge is 2.39. The van der Waals surface area contributed by atoms with E-state index in [0.29, 0.717) is 0 Å². The van der Waals surface area contributed by atoms with Gasteiger partial charge < -0.3 is 9.73 Å². The summed E-state index contributed by atoms with van der Waals surface area (Å²) in [6.07, 6.45) is -0.712. The van der Waals surface area contributed by atoms with Crippen LogP contribution in [0, 0.1) is 5.41 Å². The molecule has 5 heteroatoms. The van der Waals surface area contributed by atoms with Crippen LogP contribution in [0.4, 0.5) is 8.78 Å². The molecule has 1 N–H and O–H groups in total. The molecule has 0 bridgehead atoms. The molecule has 3 nitrogen and oxygen atoms in total. The molecule has 1 saturated carbocycles. The Kier molecular flexibility index (Phi) is 2.93. The number of amides is 1. The molecular weight excluding hydrogens is 228 g/mol. The third kappa shape index (κ3) is 2.33. The van der Waals surface area contributed by atoms with E-state index in [1.54, 1.807) is 0 Å². The number of hydrogen-bond donors (Lipinski definition) is 1. The van der Waals surface area contributed by atoms with Crippen LogP contribution in [0.3, 0.4) is 0 Å². The lowest BCUT2D eigenvalue weighted by atomic mass is 9.67. The van der Waals surface area contributed by atoms with Gasteiger partial charge in [0.05, 0.1) is 0 Å². The minimum Gasteiger partial charge on any atom is -0.450 e. The summed E-state index contributed by atoms with van der Waals surface area (Å²) < 4.78 is 29.3. The van der Waals surface area contributed by atoms with Crippen molar-refractivity contribution in [2.75, 3.05) is 0 Å². The van der Waals surface area contributed by atoms with Gasteiger partial charge in [-0.05, 0) is 30.4 Å². The Balaban J connectivity index is 2.00. The normalized spacial score (nSPS) is 22.3. The number of rotatable bonds is 3. The highest BCUT2D eigenvalue weighted by atomic mass is 19.3. The lowest BCUT2D eigenvalue weighted by molar-refractivity contribution is 0.0694. The summed E-state index contributed by atoms with van der Waals surface area (Å²) >= 11 is 0. The Bertz CT molecular complexity index is 426. The fraction of sp³-hybridized carbons (Fsp3) is 0.583. The Morgan fingerprint density at radius 1 is 1.53 bits per heavy atom. The van der Waals surface area contributed by atoms with Gasteiger partial charge in [0.2, 0.25) is 0 Å². The molecule has 0 aromatic carbocycles. The molecule has 0 aliphatic heterocycles. The largest absolute Gasteiger partial charge is 0.450 e. The van der Waals surface area contributed by atoms with Gasteiger partial charge >= 0.3 is 0 Å². The second-order valence-electron chi connectivity index (χ2n) is 5.06. The fourth-order valence-electron chi connectivity index (χ4n) is 1.96. The van der Waals surface area contributed by atoms with Crippen LogP contribution >= 0.6 is 0 Å². The molecule has 0 spiro atoms. The first kappa shape index (κ1) is 12.1. The van der Waals surface area contributed by atoms with Crippen LogP contribution < -0.4 is 5.32 Å². The van der Waals surface area contributed by atoms with E-state index in [-0.39, 0.29) is 17.2 Å². The number of hydrogen-bond acceptors (Lipinski definition) is 2. The fourth-order valence-corrected chi connectivity index (χ4v) is 1.96. The summed E-state index contributed by atoms with van der Waals surface area (Å²) in [6, 6.07) is 2.50. The summed E-state index contributed by atoms with van der Waals surface area (Å²) in [4.78, 5) is 11.7. The van der Waals surface area contributed by atoms with Crippen LogP contribution in [0.25, 0.3) is 0 Å². The van der Waals surface area contributed by atoms with E-state index in [1.165, 1.54) is 6.07 Å². The SMILES string of the molecule is CC1(C)CC[C@@H]1NC(=O)c1ccc(C(F)F)o1. The monoisotopic (exact) mass is 243 g/mol. The number of alkyl halides is 2. The molecule has 0 radical (unpaired) electrons. The molecule has 94 valence electrons. The van der Waals surface area contributed by atoms with Crippen molar-refractivity contribution in [2.45, 2.75) is 39.2 Å². The second-order valence-corrected chi connectivity index (χ2v) is 5.06. The molecule has 0 unspecified atom stereocenters. The number of furan rings is 1. The average Bonchev–Trinajstić information content (AvgIpc) is 2.73. The van der Waals surface area contributed by atoms with Gasteiger partial charge in [-0.25, -0.2) is 8.78 Å². The van der Waals surface area contributed by atoms with Gasteiger partial charge in [-0.3, -0.25) is 4.79 Å². The molecule has 1 aliphatic carbocycles. The van der Waals surface area contributed by atoms with Crippen molar-refractivity contribution in [2.24, 2.45) is 5.41 Å². The Morgan fingerprint density at radius 3 is 2.65 bits per heavy atom. The minimum atomic E-state index is -2.68. The predicted octanol–water partition coefficient (Wildman–Crippen LogP) is 3.14. The molecular formula is C12H15F2NO2. The molecule has 1 aromatic heterocycles. The zero-order chi connectivity index (χ0) is 12.6. The van der Waals surface area contributed by atoms with Gasteiger partial charge in [-0.1, -0.05) is 13.8 Å². The molecule has 2 rings (SSSR count). The third-order valence-corrected chi connectivity index (χ3v) is 3.39. The molecule has 1 heterocycles. The topological polar surface area (TPSA) is 42.2 Å². The molecule has 1 amide bonds. The second kappa shape index (κ2) is 4.13. The van der Waals surface area contributed by atoms with Gasteiger partial charge in [0.15, 0.2) is 11.5 Å². The lowest BCUT2D eigenvalue weighted by Gasteiger charge is -2.44. The maximum atomic E-state index is 12.3. The van der Waals surface area contributed by atoms with Crippen LogP contribution in [0.5, 0.6) is 0 Å². The first-order valence-electron chi connectivity index (χ1n) is 5.59. The summed E-state index contributed by atoms with van der Waals surface area (Å²) in [7, 11) is 0. The first-order chi connectivity index (χ1) is 7.90. The van der Waals surface area contributed by atoms with Crippen LogP contribution in [0.15, 0.2) is 16.5 Å². The zero-order valence-electron chi connectivity index (χ0n) is 9.80. The van der Waals surface area contributed by atoms with Gasteiger partial charge in [0.1, 0.15) is 0 Å². The Morgan fingerprint density at radius 2 is 2.24 bits per heavy atom. The third-order valence-electron chi connectivity index (χ3n) is 3.39. The first-order valence-corrected chi connectivity index (χ1v) is 5.59. The maximum absolute atomic E-state index is 12.3. The average molecular weight is 243 g/mol. The quantitative estimate of drug-likeness (QED) is 0.886. The predicted molar refractivity (Wildman–Crippen MR) is 57.9 cm³/mol. The van der Waals surface area contributed by atoms with E-state index in [0.717, 1.165) is 18.9 Å². The Labute approximate surface area is 98.2 Å². The molecule has 1 atom stereocenters. The van der Waals surface area contributed by atoms with E-state index in [2.05, 4.69) is 19.2 Å². The summed E-state index contributed by atoms with van der Waals surface area (Å²) in [5.41, 5.74) is 0.0772. The van der Waals surface area contributed by atoms with Crippen molar-refractivity contribution in [1.29, 1.82) is 0 Å². The van der Waals surface area contributed by atoms with E-state index < -0.39 is 18.1 Å². The van der Waals surface area contributed by atoms with Gasteiger partial charge in [0.25, 0.3) is 12.3 Å². The van der Waals surface area contributed by atoms with Crippen molar-refractivity contribution in [1.82, 2.24) is 5.32 Å². The van der Waals surface area contributed by atoms with Crippen LogP contribution in [-0.4, -0.2) is 11.9 Å². The van der Waals surface area contributed by atoms with E-state index >= 15 is 0 Å². The van der Waals surface area contributed by atoms with Crippen LogP contribution in [-0.2, 0) is 0 Å². The maximum Gasteiger partial charge on any atom is 0.295 e. The molecule has 17 heavy (non-hydrogen) atoms. The summed E-state index contributed by atoms with van der Waals surface area (Å²) in [5.74, 6) is -0.944. The number of carbonyl (C=O) groups excluding carboxylic acids is 1. The van der Waals surface area contributed by atoms with Crippen molar-refractivity contribution in [3.05, 3.63) is 23.7 Å².